The molecule has 0 saturated carbocycles. The minimum atomic E-state index is -0.858. The molecule has 1 aromatic rings. The van der Waals surface area contributed by atoms with Gasteiger partial charge in [0.1, 0.15) is 11.4 Å². The Hall–Kier alpha value is -2.38. The van der Waals surface area contributed by atoms with E-state index in [1.54, 1.807) is 4.90 Å². The van der Waals surface area contributed by atoms with Gasteiger partial charge in [-0.05, 0) is 45.7 Å². The van der Waals surface area contributed by atoms with Crippen molar-refractivity contribution >= 4 is 12.0 Å². The predicted molar refractivity (Wildman–Crippen MR) is 90.8 cm³/mol. The van der Waals surface area contributed by atoms with E-state index in [-0.39, 0.29) is 24.5 Å². The third-order valence-electron chi connectivity index (χ3n) is 3.76. The van der Waals surface area contributed by atoms with Gasteiger partial charge < -0.3 is 19.7 Å². The Kier molecular flexibility index (Phi) is 6.39. The number of nitrogens with zero attached hydrogens (tertiary/aromatic N) is 1. The quantitative estimate of drug-likeness (QED) is 0.885. The van der Waals surface area contributed by atoms with Gasteiger partial charge in [-0.15, -0.1) is 0 Å². The molecule has 0 aliphatic carbocycles. The lowest BCUT2D eigenvalue weighted by molar-refractivity contribution is -0.124. The molecule has 0 aromatic heterocycles. The summed E-state index contributed by atoms with van der Waals surface area (Å²) >= 11 is 0. The van der Waals surface area contributed by atoms with Crippen molar-refractivity contribution in [3.8, 4) is 5.75 Å². The van der Waals surface area contributed by atoms with E-state index < -0.39 is 23.1 Å². The zero-order valence-electron chi connectivity index (χ0n) is 15.2. The molecule has 6 nitrogen and oxygen atoms in total. The molecule has 8 heteroatoms. The number of rotatable bonds is 4. The molecule has 144 valence electrons. The van der Waals surface area contributed by atoms with Crippen LogP contribution in [0.2, 0.25) is 0 Å². The number of nitrogens with one attached hydrogen (secondary N) is 1. The topological polar surface area (TPSA) is 67.9 Å². The van der Waals surface area contributed by atoms with E-state index in [0.717, 1.165) is 12.1 Å². The smallest absolute Gasteiger partial charge is 0.410 e. The number of halogens is 2. The first-order chi connectivity index (χ1) is 12.1. The summed E-state index contributed by atoms with van der Waals surface area (Å²) in [5.41, 5.74) is -0.547. The Morgan fingerprint density at radius 3 is 2.46 bits per heavy atom. The molecule has 1 aromatic carbocycles. The highest BCUT2D eigenvalue weighted by molar-refractivity contribution is 5.78. The molecule has 0 atom stereocenters. The van der Waals surface area contributed by atoms with Crippen LogP contribution in [-0.4, -0.2) is 48.2 Å². The number of ether oxygens (including phenoxy) is 2. The summed E-state index contributed by atoms with van der Waals surface area (Å²) in [5, 5.41) is 2.79. The Morgan fingerprint density at radius 2 is 1.88 bits per heavy atom. The Morgan fingerprint density at radius 1 is 1.23 bits per heavy atom. The molecule has 0 spiro atoms. The van der Waals surface area contributed by atoms with Crippen LogP contribution in [0.1, 0.15) is 33.6 Å². The van der Waals surface area contributed by atoms with Crippen LogP contribution in [0.25, 0.3) is 0 Å². The van der Waals surface area contributed by atoms with Gasteiger partial charge in [-0.3, -0.25) is 4.79 Å². The molecule has 0 unspecified atom stereocenters. The first-order valence-electron chi connectivity index (χ1n) is 8.49. The van der Waals surface area contributed by atoms with E-state index in [1.165, 1.54) is 0 Å². The van der Waals surface area contributed by atoms with Crippen LogP contribution in [0.15, 0.2) is 18.2 Å². The van der Waals surface area contributed by atoms with Crippen molar-refractivity contribution in [2.24, 2.45) is 0 Å². The van der Waals surface area contributed by atoms with Crippen LogP contribution in [-0.2, 0) is 9.53 Å². The van der Waals surface area contributed by atoms with Crippen LogP contribution in [0.5, 0.6) is 5.75 Å². The van der Waals surface area contributed by atoms with E-state index in [1.807, 2.05) is 20.8 Å². The molecule has 1 saturated heterocycles. The molecule has 2 amide bonds. The van der Waals surface area contributed by atoms with Crippen molar-refractivity contribution in [1.29, 1.82) is 0 Å². The van der Waals surface area contributed by atoms with Crippen molar-refractivity contribution in [1.82, 2.24) is 10.2 Å². The van der Waals surface area contributed by atoms with Gasteiger partial charge in [-0.1, -0.05) is 0 Å². The zero-order chi connectivity index (χ0) is 19.3. The normalized spacial score (nSPS) is 15.5. The SMILES string of the molecule is CC(C)(C)OC(=O)N1CCC(NC(=O)COc2ccc(F)cc2F)CC1. The lowest BCUT2D eigenvalue weighted by Crippen LogP contribution is -2.48. The molecular weight excluding hydrogens is 346 g/mol. The highest BCUT2D eigenvalue weighted by atomic mass is 19.1. The van der Waals surface area contributed by atoms with Gasteiger partial charge in [-0.2, -0.15) is 0 Å². The average molecular weight is 370 g/mol. The third-order valence-corrected chi connectivity index (χ3v) is 3.76. The summed E-state index contributed by atoms with van der Waals surface area (Å²) in [6.45, 7) is 6.01. The number of benzene rings is 1. The monoisotopic (exact) mass is 370 g/mol. The highest BCUT2D eigenvalue weighted by Crippen LogP contribution is 2.18. The van der Waals surface area contributed by atoms with Gasteiger partial charge in [0.05, 0.1) is 0 Å². The van der Waals surface area contributed by atoms with Crippen molar-refractivity contribution < 1.29 is 27.8 Å². The highest BCUT2D eigenvalue weighted by Gasteiger charge is 2.27. The van der Waals surface area contributed by atoms with Crippen molar-refractivity contribution in [3.05, 3.63) is 29.8 Å². The van der Waals surface area contributed by atoms with E-state index in [9.17, 15) is 18.4 Å². The number of carbonyl (C=O) groups is 2. The molecule has 1 fully saturated rings. The molecule has 2 rings (SSSR count). The molecule has 26 heavy (non-hydrogen) atoms. The molecule has 1 aliphatic heterocycles. The summed E-state index contributed by atoms with van der Waals surface area (Å²) in [6, 6.07) is 2.79. The lowest BCUT2D eigenvalue weighted by Gasteiger charge is -2.33. The second kappa shape index (κ2) is 8.33. The molecule has 0 radical (unpaired) electrons. The van der Waals surface area contributed by atoms with Gasteiger partial charge in [0, 0.05) is 25.2 Å². The first kappa shape index (κ1) is 19.9. The number of amides is 2. The number of hydrogen-bond donors (Lipinski definition) is 1. The fourth-order valence-corrected chi connectivity index (χ4v) is 2.54. The minimum absolute atomic E-state index is 0.0946. The largest absolute Gasteiger partial charge is 0.481 e. The first-order valence-corrected chi connectivity index (χ1v) is 8.49. The Balaban J connectivity index is 1.73. The molecule has 0 bridgehead atoms. The molecule has 1 aliphatic rings. The Bertz CT molecular complexity index is 653. The van der Waals surface area contributed by atoms with Crippen LogP contribution in [0.4, 0.5) is 13.6 Å². The van der Waals surface area contributed by atoms with Crippen LogP contribution < -0.4 is 10.1 Å². The van der Waals surface area contributed by atoms with Gasteiger partial charge in [0.2, 0.25) is 0 Å². The minimum Gasteiger partial charge on any atom is -0.481 e. The Labute approximate surface area is 151 Å². The molecular formula is C18H24F2N2O4. The summed E-state index contributed by atoms with van der Waals surface area (Å²) in [4.78, 5) is 25.5. The van der Waals surface area contributed by atoms with Crippen LogP contribution in [0, 0.1) is 11.6 Å². The van der Waals surface area contributed by atoms with Crippen LogP contribution in [0.3, 0.4) is 0 Å². The number of hydrogen-bond acceptors (Lipinski definition) is 4. The second-order valence-corrected chi connectivity index (χ2v) is 7.17. The summed E-state index contributed by atoms with van der Waals surface area (Å²) in [6.07, 6.45) is 0.823. The van der Waals surface area contributed by atoms with E-state index >= 15 is 0 Å². The summed E-state index contributed by atoms with van der Waals surface area (Å²) in [7, 11) is 0. The van der Waals surface area contributed by atoms with Gasteiger partial charge in [-0.25, -0.2) is 13.6 Å². The van der Waals surface area contributed by atoms with E-state index in [4.69, 9.17) is 9.47 Å². The second-order valence-electron chi connectivity index (χ2n) is 7.17. The molecule has 1 heterocycles. The standard InChI is InChI=1S/C18H24F2N2O4/c1-18(2,3)26-17(24)22-8-6-13(7-9-22)21-16(23)11-25-15-5-4-12(19)10-14(15)20/h4-5,10,13H,6-9,11H2,1-3H3,(H,21,23). The molecule has 1 N–H and O–H groups in total. The fraction of sp³-hybridized carbons (Fsp3) is 0.556. The maximum atomic E-state index is 13.4. The number of likely N-dealkylation sites (tertiary alicyclic amines) is 1. The summed E-state index contributed by atoms with van der Waals surface area (Å²) in [5.74, 6) is -2.15. The van der Waals surface area contributed by atoms with Crippen LogP contribution >= 0.6 is 0 Å². The van der Waals surface area contributed by atoms with Gasteiger partial charge >= 0.3 is 6.09 Å². The van der Waals surface area contributed by atoms with Gasteiger partial charge in [0.25, 0.3) is 5.91 Å². The summed E-state index contributed by atoms with van der Waals surface area (Å²) < 4.78 is 36.7. The third kappa shape index (κ3) is 6.16. The lowest BCUT2D eigenvalue weighted by atomic mass is 10.1. The number of piperidine rings is 1. The fourth-order valence-electron chi connectivity index (χ4n) is 2.54. The van der Waals surface area contributed by atoms with Crippen molar-refractivity contribution in [2.45, 2.75) is 45.3 Å². The van der Waals surface area contributed by atoms with Gasteiger partial charge in [0.15, 0.2) is 18.2 Å². The maximum absolute atomic E-state index is 13.4. The zero-order valence-corrected chi connectivity index (χ0v) is 15.2. The number of carbonyl (C=O) groups excluding carboxylic acids is 2. The average Bonchev–Trinajstić information content (AvgIpc) is 2.53. The maximum Gasteiger partial charge on any atom is 0.410 e. The predicted octanol–water partition coefficient (Wildman–Crippen LogP) is 2.86. The van der Waals surface area contributed by atoms with E-state index in [2.05, 4.69) is 5.32 Å². The van der Waals surface area contributed by atoms with Crippen molar-refractivity contribution in [2.75, 3.05) is 19.7 Å². The van der Waals surface area contributed by atoms with E-state index in [0.29, 0.717) is 32.0 Å². The van der Waals surface area contributed by atoms with Crippen molar-refractivity contribution in [3.63, 3.8) is 0 Å².